The molecule has 1 heterocycles. The number of urea groups is 1. The van der Waals surface area contributed by atoms with Crippen molar-refractivity contribution in [2.45, 2.75) is 26.8 Å². The minimum Gasteiger partial charge on any atom is -0.478 e. The maximum atomic E-state index is 11.6. The molecule has 0 bridgehead atoms. The van der Waals surface area contributed by atoms with E-state index in [2.05, 4.69) is 10.6 Å². The van der Waals surface area contributed by atoms with E-state index >= 15 is 0 Å². The highest BCUT2D eigenvalue weighted by Gasteiger charge is 2.21. The van der Waals surface area contributed by atoms with Gasteiger partial charge in [0.05, 0.1) is 5.56 Å². The Morgan fingerprint density at radius 1 is 1.32 bits per heavy atom. The van der Waals surface area contributed by atoms with Crippen molar-refractivity contribution in [3.8, 4) is 0 Å². The zero-order valence-electron chi connectivity index (χ0n) is 10.7. The summed E-state index contributed by atoms with van der Waals surface area (Å²) in [7, 11) is 0. The summed E-state index contributed by atoms with van der Waals surface area (Å²) in [5, 5.41) is 14.1. The van der Waals surface area contributed by atoms with Crippen LogP contribution >= 0.6 is 11.3 Å². The Labute approximate surface area is 113 Å². The fraction of sp³-hybridized carbons (Fsp3) is 0.364. The first-order valence-electron chi connectivity index (χ1n) is 5.44. The summed E-state index contributed by atoms with van der Waals surface area (Å²) >= 11 is 1.16. The molecule has 8 heteroatoms. The van der Waals surface area contributed by atoms with Crippen LogP contribution in [0.5, 0.6) is 0 Å². The molecule has 0 aliphatic rings. The Hall–Kier alpha value is -2.09. The average molecular weight is 285 g/mol. The SMILES string of the molecule is Cc1sc(NC(=O)NC(C)C(N)=O)c(C(=O)O)c1C. The predicted octanol–water partition coefficient (Wildman–Crippen LogP) is 1.06. The quantitative estimate of drug-likeness (QED) is 0.660. The molecule has 1 aromatic rings. The van der Waals surface area contributed by atoms with Crippen molar-refractivity contribution in [1.29, 1.82) is 0 Å². The zero-order chi connectivity index (χ0) is 14.7. The van der Waals surface area contributed by atoms with Gasteiger partial charge in [0.1, 0.15) is 11.0 Å². The molecule has 0 spiro atoms. The van der Waals surface area contributed by atoms with E-state index < -0.39 is 23.9 Å². The van der Waals surface area contributed by atoms with E-state index in [1.54, 1.807) is 13.8 Å². The van der Waals surface area contributed by atoms with Gasteiger partial charge in [0.15, 0.2) is 0 Å². The summed E-state index contributed by atoms with van der Waals surface area (Å²) in [6.45, 7) is 4.87. The van der Waals surface area contributed by atoms with Crippen LogP contribution < -0.4 is 16.4 Å². The lowest BCUT2D eigenvalue weighted by Gasteiger charge is -2.10. The van der Waals surface area contributed by atoms with Crippen LogP contribution in [0.2, 0.25) is 0 Å². The van der Waals surface area contributed by atoms with Gasteiger partial charge >= 0.3 is 12.0 Å². The minimum absolute atomic E-state index is 0.0596. The third kappa shape index (κ3) is 3.44. The molecule has 3 amide bonds. The molecule has 19 heavy (non-hydrogen) atoms. The van der Waals surface area contributed by atoms with E-state index in [0.717, 1.165) is 16.2 Å². The first-order chi connectivity index (χ1) is 8.73. The van der Waals surface area contributed by atoms with Crippen molar-refractivity contribution < 1.29 is 19.5 Å². The lowest BCUT2D eigenvalue weighted by atomic mass is 10.1. The standard InChI is InChI=1S/C11H15N3O4S/c1-4-6(3)19-9(7(4)10(16)17)14-11(18)13-5(2)8(12)15/h5H,1-3H3,(H2,12,15)(H,16,17)(H2,13,14,18). The van der Waals surface area contributed by atoms with E-state index in [0.29, 0.717) is 5.56 Å². The molecule has 1 atom stereocenters. The lowest BCUT2D eigenvalue weighted by molar-refractivity contribution is -0.119. The molecule has 0 aliphatic carbocycles. The number of carboxylic acids is 1. The number of hydrogen-bond donors (Lipinski definition) is 4. The van der Waals surface area contributed by atoms with Gasteiger partial charge in [-0.2, -0.15) is 0 Å². The number of carbonyl (C=O) groups excluding carboxylic acids is 2. The fourth-order valence-corrected chi connectivity index (χ4v) is 2.43. The Bertz CT molecular complexity index is 538. The Balaban J connectivity index is 2.88. The molecular formula is C11H15N3O4S. The Morgan fingerprint density at radius 3 is 2.37 bits per heavy atom. The van der Waals surface area contributed by atoms with Crippen LogP contribution in [0.25, 0.3) is 0 Å². The first-order valence-corrected chi connectivity index (χ1v) is 6.25. The number of hydrogen-bond acceptors (Lipinski definition) is 4. The molecule has 0 fully saturated rings. The van der Waals surface area contributed by atoms with Crippen LogP contribution in [-0.2, 0) is 4.79 Å². The van der Waals surface area contributed by atoms with Gasteiger partial charge in [0.2, 0.25) is 5.91 Å². The molecule has 0 saturated carbocycles. The fourth-order valence-electron chi connectivity index (χ4n) is 1.38. The zero-order valence-corrected chi connectivity index (χ0v) is 11.6. The topological polar surface area (TPSA) is 122 Å². The van der Waals surface area contributed by atoms with Gasteiger partial charge in [-0.25, -0.2) is 9.59 Å². The van der Waals surface area contributed by atoms with Crippen molar-refractivity contribution in [2.75, 3.05) is 5.32 Å². The van der Waals surface area contributed by atoms with E-state index in [1.807, 2.05) is 0 Å². The van der Waals surface area contributed by atoms with Crippen LogP contribution in [-0.4, -0.2) is 29.1 Å². The van der Waals surface area contributed by atoms with E-state index in [-0.39, 0.29) is 10.6 Å². The van der Waals surface area contributed by atoms with Crippen LogP contribution in [0.1, 0.15) is 27.7 Å². The number of nitrogens with one attached hydrogen (secondary N) is 2. The minimum atomic E-state index is -1.11. The van der Waals surface area contributed by atoms with Crippen LogP contribution in [0.4, 0.5) is 9.80 Å². The van der Waals surface area contributed by atoms with Gasteiger partial charge in [0, 0.05) is 4.88 Å². The normalized spacial score (nSPS) is 11.7. The third-order valence-electron chi connectivity index (χ3n) is 2.60. The number of aromatic carboxylic acids is 1. The monoisotopic (exact) mass is 285 g/mol. The molecule has 5 N–H and O–H groups in total. The van der Waals surface area contributed by atoms with Crippen molar-refractivity contribution in [2.24, 2.45) is 5.73 Å². The number of carboxylic acid groups (broad SMARTS) is 1. The number of anilines is 1. The summed E-state index contributed by atoms with van der Waals surface area (Å²) in [6, 6.07) is -1.51. The molecule has 1 aromatic heterocycles. The highest BCUT2D eigenvalue weighted by Crippen LogP contribution is 2.32. The van der Waals surface area contributed by atoms with E-state index in [1.165, 1.54) is 6.92 Å². The van der Waals surface area contributed by atoms with Gasteiger partial charge in [0.25, 0.3) is 0 Å². The number of amides is 3. The highest BCUT2D eigenvalue weighted by atomic mass is 32.1. The van der Waals surface area contributed by atoms with Crippen LogP contribution in [0.3, 0.4) is 0 Å². The number of carbonyl (C=O) groups is 3. The molecule has 104 valence electrons. The molecule has 1 rings (SSSR count). The summed E-state index contributed by atoms with van der Waals surface area (Å²) in [5.74, 6) is -1.78. The summed E-state index contributed by atoms with van der Waals surface area (Å²) < 4.78 is 0. The van der Waals surface area contributed by atoms with Gasteiger partial charge in [-0.05, 0) is 26.3 Å². The number of nitrogens with two attached hydrogens (primary N) is 1. The smallest absolute Gasteiger partial charge is 0.338 e. The van der Waals surface area contributed by atoms with Crippen molar-refractivity contribution in [3.63, 3.8) is 0 Å². The maximum absolute atomic E-state index is 11.6. The summed E-state index contributed by atoms with van der Waals surface area (Å²) in [5.41, 5.74) is 5.68. The number of rotatable bonds is 4. The summed E-state index contributed by atoms with van der Waals surface area (Å²) in [4.78, 5) is 34.3. The first kappa shape index (κ1) is 15.0. The number of thiophene rings is 1. The number of aryl methyl sites for hydroxylation is 1. The summed E-state index contributed by atoms with van der Waals surface area (Å²) in [6.07, 6.45) is 0. The largest absolute Gasteiger partial charge is 0.478 e. The second kappa shape index (κ2) is 5.70. The van der Waals surface area contributed by atoms with Crippen LogP contribution in [0, 0.1) is 13.8 Å². The maximum Gasteiger partial charge on any atom is 0.338 e. The van der Waals surface area contributed by atoms with Crippen LogP contribution in [0.15, 0.2) is 0 Å². The molecule has 1 unspecified atom stereocenters. The molecule has 0 radical (unpaired) electrons. The van der Waals surface area contributed by atoms with E-state index in [9.17, 15) is 14.4 Å². The van der Waals surface area contributed by atoms with Gasteiger partial charge in [-0.3, -0.25) is 10.1 Å². The molecule has 0 aliphatic heterocycles. The second-order valence-corrected chi connectivity index (χ2v) is 5.24. The third-order valence-corrected chi connectivity index (χ3v) is 3.72. The highest BCUT2D eigenvalue weighted by molar-refractivity contribution is 7.16. The predicted molar refractivity (Wildman–Crippen MR) is 71.6 cm³/mol. The van der Waals surface area contributed by atoms with Gasteiger partial charge in [-0.15, -0.1) is 11.3 Å². The molecule has 0 saturated heterocycles. The Kier molecular flexibility index (Phi) is 4.49. The van der Waals surface area contributed by atoms with Crippen molar-refractivity contribution in [1.82, 2.24) is 5.32 Å². The van der Waals surface area contributed by atoms with Gasteiger partial charge < -0.3 is 16.2 Å². The lowest BCUT2D eigenvalue weighted by Crippen LogP contribution is -2.44. The molecule has 0 aromatic carbocycles. The van der Waals surface area contributed by atoms with Crippen molar-refractivity contribution in [3.05, 3.63) is 16.0 Å². The number of primary amides is 1. The van der Waals surface area contributed by atoms with E-state index in [4.69, 9.17) is 10.8 Å². The average Bonchev–Trinajstić information content (AvgIpc) is 2.53. The van der Waals surface area contributed by atoms with Crippen molar-refractivity contribution >= 4 is 34.2 Å². The molecular weight excluding hydrogens is 270 g/mol. The molecule has 7 nitrogen and oxygen atoms in total. The Morgan fingerprint density at radius 2 is 1.89 bits per heavy atom. The van der Waals surface area contributed by atoms with Gasteiger partial charge in [-0.1, -0.05) is 0 Å². The second-order valence-electron chi connectivity index (χ2n) is 4.02.